The molecule has 2 aromatic carbocycles. The minimum absolute atomic E-state index is 0.0706. The molecule has 0 aliphatic carbocycles. The minimum Gasteiger partial charge on any atom is -0.494 e. The fraction of sp³-hybridized carbons (Fsp3) is 0.318. The average Bonchev–Trinajstić information content (AvgIpc) is 2.73. The summed E-state index contributed by atoms with van der Waals surface area (Å²) in [7, 11) is 0. The van der Waals surface area contributed by atoms with Crippen molar-refractivity contribution in [3.63, 3.8) is 0 Å². The lowest BCUT2D eigenvalue weighted by Gasteiger charge is -2.09. The standard InChI is InChI=1S/C22H27N3O4/c1-3-5-15-29-19-13-9-17(10-14-19)22(28)25-24-21(27)16-7-11-18(12-8-16)23-20(26)6-4-2/h7-14H,3-6,15H2,1-2H3,(H,23,26)(H,24,27)(H,25,28). The highest BCUT2D eigenvalue weighted by molar-refractivity contribution is 5.99. The van der Waals surface area contributed by atoms with E-state index in [0.29, 0.717) is 35.6 Å². The van der Waals surface area contributed by atoms with Crippen LogP contribution in [-0.2, 0) is 4.79 Å². The van der Waals surface area contributed by atoms with E-state index < -0.39 is 11.8 Å². The van der Waals surface area contributed by atoms with Crippen LogP contribution in [0.4, 0.5) is 5.69 Å². The van der Waals surface area contributed by atoms with Crippen molar-refractivity contribution in [1.29, 1.82) is 0 Å². The lowest BCUT2D eigenvalue weighted by Crippen LogP contribution is -2.41. The van der Waals surface area contributed by atoms with Crippen LogP contribution in [-0.4, -0.2) is 24.3 Å². The first kappa shape index (κ1) is 21.9. The third kappa shape index (κ3) is 7.29. The fourth-order valence-corrected chi connectivity index (χ4v) is 2.45. The Morgan fingerprint density at radius 3 is 1.86 bits per heavy atom. The number of hydrazine groups is 1. The van der Waals surface area contributed by atoms with Crippen molar-refractivity contribution in [3.05, 3.63) is 59.7 Å². The summed E-state index contributed by atoms with van der Waals surface area (Å²) >= 11 is 0. The van der Waals surface area contributed by atoms with Gasteiger partial charge >= 0.3 is 0 Å². The van der Waals surface area contributed by atoms with Gasteiger partial charge in [0.05, 0.1) is 6.61 Å². The number of amides is 3. The molecule has 0 heterocycles. The van der Waals surface area contributed by atoms with E-state index in [-0.39, 0.29) is 5.91 Å². The molecule has 2 rings (SSSR count). The van der Waals surface area contributed by atoms with Gasteiger partial charge in [-0.25, -0.2) is 0 Å². The topological polar surface area (TPSA) is 96.5 Å². The molecular weight excluding hydrogens is 370 g/mol. The molecule has 0 saturated heterocycles. The summed E-state index contributed by atoms with van der Waals surface area (Å²) in [5.74, 6) is -0.255. The number of carbonyl (C=O) groups excluding carboxylic acids is 3. The number of ether oxygens (including phenoxy) is 1. The van der Waals surface area contributed by atoms with Crippen molar-refractivity contribution < 1.29 is 19.1 Å². The molecule has 0 unspecified atom stereocenters. The SMILES string of the molecule is CCCCOc1ccc(C(=O)NNC(=O)c2ccc(NC(=O)CCC)cc2)cc1. The highest BCUT2D eigenvalue weighted by Gasteiger charge is 2.10. The van der Waals surface area contributed by atoms with Gasteiger partial charge in [0.15, 0.2) is 0 Å². The molecule has 0 fully saturated rings. The third-order valence-electron chi connectivity index (χ3n) is 4.08. The molecular formula is C22H27N3O4. The van der Waals surface area contributed by atoms with E-state index >= 15 is 0 Å². The van der Waals surface area contributed by atoms with Gasteiger partial charge in [-0.2, -0.15) is 0 Å². The Kier molecular flexibility index (Phi) is 8.69. The van der Waals surface area contributed by atoms with Crippen LogP contribution in [0.15, 0.2) is 48.5 Å². The molecule has 7 nitrogen and oxygen atoms in total. The van der Waals surface area contributed by atoms with Crippen molar-refractivity contribution in [2.45, 2.75) is 39.5 Å². The average molecular weight is 397 g/mol. The normalized spacial score (nSPS) is 10.1. The molecule has 0 aromatic heterocycles. The van der Waals surface area contributed by atoms with Crippen LogP contribution in [0.3, 0.4) is 0 Å². The Labute approximate surface area is 170 Å². The molecule has 2 aromatic rings. The van der Waals surface area contributed by atoms with Gasteiger partial charge in [0.1, 0.15) is 5.75 Å². The van der Waals surface area contributed by atoms with Crippen molar-refractivity contribution in [1.82, 2.24) is 10.9 Å². The molecule has 0 aliphatic heterocycles. The number of benzene rings is 2. The van der Waals surface area contributed by atoms with Gasteiger partial charge in [-0.1, -0.05) is 20.3 Å². The van der Waals surface area contributed by atoms with Gasteiger partial charge in [-0.15, -0.1) is 0 Å². The second kappa shape index (κ2) is 11.5. The van der Waals surface area contributed by atoms with Crippen molar-refractivity contribution in [3.8, 4) is 5.75 Å². The molecule has 0 bridgehead atoms. The summed E-state index contributed by atoms with van der Waals surface area (Å²) in [6, 6.07) is 13.1. The minimum atomic E-state index is -0.454. The van der Waals surface area contributed by atoms with E-state index in [1.807, 2.05) is 6.92 Å². The number of carbonyl (C=O) groups is 3. The second-order valence-electron chi connectivity index (χ2n) is 6.51. The molecule has 0 aliphatic rings. The van der Waals surface area contributed by atoms with Crippen LogP contribution < -0.4 is 20.9 Å². The van der Waals surface area contributed by atoms with Gasteiger partial charge in [-0.3, -0.25) is 25.2 Å². The van der Waals surface area contributed by atoms with Crippen molar-refractivity contribution in [2.24, 2.45) is 0 Å². The molecule has 0 atom stereocenters. The highest BCUT2D eigenvalue weighted by atomic mass is 16.5. The highest BCUT2D eigenvalue weighted by Crippen LogP contribution is 2.13. The Morgan fingerprint density at radius 1 is 0.793 bits per heavy atom. The van der Waals surface area contributed by atoms with Crippen LogP contribution in [0.5, 0.6) is 5.75 Å². The van der Waals surface area contributed by atoms with Crippen LogP contribution in [0.2, 0.25) is 0 Å². The molecule has 7 heteroatoms. The van der Waals surface area contributed by atoms with Crippen LogP contribution >= 0.6 is 0 Å². The maximum Gasteiger partial charge on any atom is 0.269 e. The van der Waals surface area contributed by atoms with Crippen molar-refractivity contribution in [2.75, 3.05) is 11.9 Å². The number of hydrogen-bond acceptors (Lipinski definition) is 4. The first-order chi connectivity index (χ1) is 14.0. The monoisotopic (exact) mass is 397 g/mol. The first-order valence-corrected chi connectivity index (χ1v) is 9.77. The largest absolute Gasteiger partial charge is 0.494 e. The summed E-state index contributed by atoms with van der Waals surface area (Å²) in [5.41, 5.74) is 6.14. The molecule has 154 valence electrons. The summed E-state index contributed by atoms with van der Waals surface area (Å²) in [6.45, 7) is 4.65. The zero-order chi connectivity index (χ0) is 21.1. The van der Waals surface area contributed by atoms with E-state index in [1.165, 1.54) is 0 Å². The maximum atomic E-state index is 12.2. The molecule has 0 radical (unpaired) electrons. The fourth-order valence-electron chi connectivity index (χ4n) is 2.45. The first-order valence-electron chi connectivity index (χ1n) is 9.77. The molecule has 0 spiro atoms. The Hall–Kier alpha value is -3.35. The smallest absolute Gasteiger partial charge is 0.269 e. The second-order valence-corrected chi connectivity index (χ2v) is 6.51. The maximum absolute atomic E-state index is 12.2. The van der Waals surface area contributed by atoms with Gasteiger partial charge in [0, 0.05) is 23.2 Å². The molecule has 3 amide bonds. The lowest BCUT2D eigenvalue weighted by molar-refractivity contribution is -0.116. The van der Waals surface area contributed by atoms with Gasteiger partial charge in [0.2, 0.25) is 5.91 Å². The molecule has 0 saturated carbocycles. The lowest BCUT2D eigenvalue weighted by atomic mass is 10.2. The van der Waals surface area contributed by atoms with E-state index in [9.17, 15) is 14.4 Å². The number of unbranched alkanes of at least 4 members (excludes halogenated alkanes) is 1. The van der Waals surface area contributed by atoms with Gasteiger partial charge in [0.25, 0.3) is 11.8 Å². The predicted octanol–water partition coefficient (Wildman–Crippen LogP) is 3.68. The zero-order valence-electron chi connectivity index (χ0n) is 16.8. The molecule has 29 heavy (non-hydrogen) atoms. The predicted molar refractivity (Wildman–Crippen MR) is 112 cm³/mol. The van der Waals surface area contributed by atoms with E-state index in [4.69, 9.17) is 4.74 Å². The van der Waals surface area contributed by atoms with Crippen molar-refractivity contribution >= 4 is 23.4 Å². The summed E-state index contributed by atoms with van der Waals surface area (Å²) in [4.78, 5) is 35.9. The Morgan fingerprint density at radius 2 is 1.34 bits per heavy atom. The summed E-state index contributed by atoms with van der Waals surface area (Å²) in [6.07, 6.45) is 3.23. The van der Waals surface area contributed by atoms with E-state index in [2.05, 4.69) is 23.1 Å². The van der Waals surface area contributed by atoms with Gasteiger partial charge in [-0.05, 0) is 61.4 Å². The van der Waals surface area contributed by atoms with Crippen LogP contribution in [0.1, 0.15) is 60.2 Å². The number of hydrogen-bond donors (Lipinski definition) is 3. The third-order valence-corrected chi connectivity index (χ3v) is 4.08. The van der Waals surface area contributed by atoms with Gasteiger partial charge < -0.3 is 10.1 Å². The van der Waals surface area contributed by atoms with Crippen LogP contribution in [0.25, 0.3) is 0 Å². The zero-order valence-corrected chi connectivity index (χ0v) is 16.8. The molecule has 3 N–H and O–H groups in total. The summed E-state index contributed by atoms with van der Waals surface area (Å²) in [5, 5.41) is 2.75. The Bertz CT molecular complexity index is 817. The Balaban J connectivity index is 1.83. The number of rotatable bonds is 9. The van der Waals surface area contributed by atoms with Crippen LogP contribution in [0, 0.1) is 0 Å². The summed E-state index contributed by atoms with van der Waals surface area (Å²) < 4.78 is 5.56. The number of anilines is 1. The van der Waals surface area contributed by atoms with E-state index in [0.717, 1.165) is 19.3 Å². The quantitative estimate of drug-likeness (QED) is 0.444. The number of nitrogens with one attached hydrogen (secondary N) is 3. The van der Waals surface area contributed by atoms with E-state index in [1.54, 1.807) is 48.5 Å².